The average Bonchev–Trinajstić information content (AvgIpc) is 2.90. The van der Waals surface area contributed by atoms with Crippen LogP contribution in [0.15, 0.2) is 39.8 Å². The van der Waals surface area contributed by atoms with Crippen molar-refractivity contribution in [1.29, 1.82) is 0 Å². The molecule has 2 N–H and O–H groups in total. The van der Waals surface area contributed by atoms with Crippen LogP contribution in [0.1, 0.15) is 11.1 Å². The van der Waals surface area contributed by atoms with Crippen LogP contribution in [-0.4, -0.2) is 24.9 Å². The minimum atomic E-state index is -3.84. The smallest absolute Gasteiger partial charge is 0.298 e. The molecule has 0 fully saturated rings. The minimum Gasteiger partial charge on any atom is -0.388 e. The van der Waals surface area contributed by atoms with Gasteiger partial charge < -0.3 is 10.6 Å². The average molecular weight is 277 g/mol. The third kappa shape index (κ3) is 1.91. The third-order valence-corrected chi connectivity index (χ3v) is 4.29. The first kappa shape index (κ1) is 11.9. The molecule has 1 amide bonds. The topological polar surface area (TPSA) is 92.8 Å². The number of carbonyl (C=O) groups excluding carboxylic acids is 1. The highest BCUT2D eigenvalue weighted by molar-refractivity contribution is 7.94. The van der Waals surface area contributed by atoms with Gasteiger partial charge in [-0.05, 0) is 11.1 Å². The van der Waals surface area contributed by atoms with Crippen molar-refractivity contribution in [2.75, 3.05) is 0 Å². The Balaban J connectivity index is 1.86. The summed E-state index contributed by atoms with van der Waals surface area (Å²) in [5.41, 5.74) is 7.32. The zero-order chi connectivity index (χ0) is 13.6. The SMILES string of the molecule is NC1=CC(C(=O)N2Cc3ccccc3C2)=NS1(=O)=O. The molecule has 0 aliphatic carbocycles. The number of rotatable bonds is 1. The summed E-state index contributed by atoms with van der Waals surface area (Å²) in [5, 5.41) is -0.382. The van der Waals surface area contributed by atoms with E-state index in [-0.39, 0.29) is 10.7 Å². The van der Waals surface area contributed by atoms with Crippen LogP contribution < -0.4 is 5.73 Å². The monoisotopic (exact) mass is 277 g/mol. The van der Waals surface area contributed by atoms with E-state index >= 15 is 0 Å². The molecule has 6 nitrogen and oxygen atoms in total. The summed E-state index contributed by atoms with van der Waals surface area (Å²) in [6, 6.07) is 7.70. The lowest BCUT2D eigenvalue weighted by molar-refractivity contribution is -0.124. The maximum Gasteiger partial charge on any atom is 0.298 e. The Bertz CT molecular complexity index is 709. The predicted molar refractivity (Wildman–Crippen MR) is 69.3 cm³/mol. The lowest BCUT2D eigenvalue weighted by atomic mass is 10.1. The molecule has 0 saturated heterocycles. The van der Waals surface area contributed by atoms with E-state index < -0.39 is 15.9 Å². The predicted octanol–water partition coefficient (Wildman–Crippen LogP) is 0.113. The summed E-state index contributed by atoms with van der Waals surface area (Å²) in [7, 11) is -3.84. The van der Waals surface area contributed by atoms with Crippen molar-refractivity contribution in [3.8, 4) is 0 Å². The van der Waals surface area contributed by atoms with Crippen LogP contribution in [0.4, 0.5) is 0 Å². The van der Waals surface area contributed by atoms with Gasteiger partial charge in [-0.25, -0.2) is 0 Å². The zero-order valence-electron chi connectivity index (χ0n) is 9.91. The van der Waals surface area contributed by atoms with E-state index in [0.29, 0.717) is 13.1 Å². The van der Waals surface area contributed by atoms with Crippen LogP contribution in [0.3, 0.4) is 0 Å². The number of fused-ring (bicyclic) bond motifs is 1. The van der Waals surface area contributed by atoms with Gasteiger partial charge >= 0.3 is 0 Å². The summed E-state index contributed by atoms with van der Waals surface area (Å²) in [6.07, 6.45) is 1.11. The van der Waals surface area contributed by atoms with Crippen LogP contribution in [0.5, 0.6) is 0 Å². The molecule has 0 radical (unpaired) electrons. The highest BCUT2D eigenvalue weighted by Crippen LogP contribution is 2.23. The van der Waals surface area contributed by atoms with Crippen molar-refractivity contribution in [2.24, 2.45) is 10.1 Å². The number of carbonyl (C=O) groups is 1. The van der Waals surface area contributed by atoms with Crippen molar-refractivity contribution >= 4 is 21.6 Å². The molecule has 0 spiro atoms. The molecule has 98 valence electrons. The molecule has 0 unspecified atom stereocenters. The second kappa shape index (κ2) is 3.92. The van der Waals surface area contributed by atoms with Gasteiger partial charge in [-0.15, -0.1) is 0 Å². The molecule has 1 aromatic carbocycles. The Morgan fingerprint density at radius 2 is 1.79 bits per heavy atom. The summed E-state index contributed by atoms with van der Waals surface area (Å²) in [5.74, 6) is -0.416. The molecule has 2 heterocycles. The quantitative estimate of drug-likeness (QED) is 0.788. The van der Waals surface area contributed by atoms with E-state index in [2.05, 4.69) is 4.40 Å². The van der Waals surface area contributed by atoms with E-state index in [0.717, 1.165) is 17.2 Å². The molecule has 0 saturated carbocycles. The number of hydrogen-bond donors (Lipinski definition) is 1. The number of nitrogens with two attached hydrogens (primary N) is 1. The van der Waals surface area contributed by atoms with E-state index in [1.165, 1.54) is 0 Å². The van der Waals surface area contributed by atoms with Crippen molar-refractivity contribution in [3.05, 3.63) is 46.5 Å². The largest absolute Gasteiger partial charge is 0.388 e. The summed E-state index contributed by atoms with van der Waals surface area (Å²) in [4.78, 5) is 13.7. The molecule has 7 heteroatoms. The normalized spacial score (nSPS) is 19.9. The molecule has 2 aliphatic rings. The molecule has 0 aromatic heterocycles. The Morgan fingerprint density at radius 1 is 1.21 bits per heavy atom. The van der Waals surface area contributed by atoms with Crippen LogP contribution in [-0.2, 0) is 27.9 Å². The van der Waals surface area contributed by atoms with Gasteiger partial charge in [0.05, 0.1) is 0 Å². The van der Waals surface area contributed by atoms with Crippen molar-refractivity contribution in [3.63, 3.8) is 0 Å². The fraction of sp³-hybridized carbons (Fsp3) is 0.167. The number of hydrogen-bond acceptors (Lipinski definition) is 4. The Kier molecular flexibility index (Phi) is 2.46. The minimum absolute atomic E-state index is 0.120. The number of benzene rings is 1. The Hall–Kier alpha value is -2.15. The molecule has 1 aromatic rings. The van der Waals surface area contributed by atoms with Gasteiger partial charge in [0.15, 0.2) is 5.03 Å². The number of amides is 1. The van der Waals surface area contributed by atoms with Crippen LogP contribution in [0, 0.1) is 0 Å². The van der Waals surface area contributed by atoms with Gasteiger partial charge in [0.1, 0.15) is 5.71 Å². The van der Waals surface area contributed by atoms with Crippen molar-refractivity contribution in [2.45, 2.75) is 13.1 Å². The number of nitrogens with zero attached hydrogens (tertiary/aromatic N) is 2. The van der Waals surface area contributed by atoms with Crippen LogP contribution >= 0.6 is 0 Å². The van der Waals surface area contributed by atoms with E-state index in [1.54, 1.807) is 4.90 Å². The van der Waals surface area contributed by atoms with E-state index in [1.807, 2.05) is 24.3 Å². The Morgan fingerprint density at radius 3 is 2.26 bits per heavy atom. The van der Waals surface area contributed by atoms with Gasteiger partial charge in [-0.2, -0.15) is 12.8 Å². The molecule has 3 rings (SSSR count). The molecule has 19 heavy (non-hydrogen) atoms. The van der Waals surface area contributed by atoms with Gasteiger partial charge in [0, 0.05) is 19.2 Å². The van der Waals surface area contributed by atoms with Gasteiger partial charge in [-0.1, -0.05) is 24.3 Å². The molecule has 0 bridgehead atoms. The first-order chi connectivity index (χ1) is 8.97. The second-order valence-corrected chi connectivity index (χ2v) is 6.03. The lowest BCUT2D eigenvalue weighted by Crippen LogP contribution is -2.31. The van der Waals surface area contributed by atoms with Gasteiger partial charge in [0.2, 0.25) is 0 Å². The van der Waals surface area contributed by atoms with E-state index in [4.69, 9.17) is 5.73 Å². The summed E-state index contributed by atoms with van der Waals surface area (Å²) < 4.78 is 26.1. The van der Waals surface area contributed by atoms with Crippen molar-refractivity contribution in [1.82, 2.24) is 4.90 Å². The number of sulfonamides is 1. The zero-order valence-corrected chi connectivity index (χ0v) is 10.7. The maximum absolute atomic E-state index is 12.2. The van der Waals surface area contributed by atoms with E-state index in [9.17, 15) is 13.2 Å². The van der Waals surface area contributed by atoms with Crippen LogP contribution in [0.2, 0.25) is 0 Å². The Labute approximate surface area is 110 Å². The fourth-order valence-corrected chi connectivity index (χ4v) is 2.91. The highest BCUT2D eigenvalue weighted by Gasteiger charge is 2.31. The van der Waals surface area contributed by atoms with Gasteiger partial charge in [0.25, 0.3) is 15.9 Å². The summed E-state index contributed by atoms with van der Waals surface area (Å²) in [6.45, 7) is 0.920. The molecular weight excluding hydrogens is 266 g/mol. The molecule has 2 aliphatic heterocycles. The van der Waals surface area contributed by atoms with Crippen molar-refractivity contribution < 1.29 is 13.2 Å². The third-order valence-electron chi connectivity index (χ3n) is 3.14. The first-order valence-corrected chi connectivity index (χ1v) is 7.09. The highest BCUT2D eigenvalue weighted by atomic mass is 32.2. The summed E-state index contributed by atoms with van der Waals surface area (Å²) >= 11 is 0. The second-order valence-electron chi connectivity index (χ2n) is 4.43. The first-order valence-electron chi connectivity index (χ1n) is 5.65. The lowest BCUT2D eigenvalue weighted by Gasteiger charge is -2.13. The van der Waals surface area contributed by atoms with Gasteiger partial charge in [-0.3, -0.25) is 4.79 Å². The fourth-order valence-electron chi connectivity index (χ4n) is 2.16. The standard InChI is InChI=1S/C12H11N3O3S/c13-11-5-10(14-19(11,17)18)12(16)15-6-8-3-1-2-4-9(8)7-15/h1-5H,6-7,13H2. The molecule has 0 atom stereocenters. The molecular formula is C12H11N3O3S. The van der Waals surface area contributed by atoms with Crippen LogP contribution in [0.25, 0.3) is 0 Å². The maximum atomic E-state index is 12.2.